The molecule has 0 aliphatic rings. The van der Waals surface area contributed by atoms with E-state index in [0.29, 0.717) is 17.5 Å². The van der Waals surface area contributed by atoms with E-state index >= 15 is 0 Å². The number of benzene rings is 1. The number of aliphatic carboxylic acids is 1. The molecule has 6 heteroatoms. The third-order valence-electron chi connectivity index (χ3n) is 3.11. The van der Waals surface area contributed by atoms with Gasteiger partial charge >= 0.3 is 5.97 Å². The van der Waals surface area contributed by atoms with Gasteiger partial charge in [0.05, 0.1) is 5.92 Å². The lowest BCUT2D eigenvalue weighted by molar-refractivity contribution is -0.141. The Bertz CT molecular complexity index is 528. The van der Waals surface area contributed by atoms with Crippen molar-refractivity contribution in [1.82, 2.24) is 10.6 Å². The number of carbonyl (C=O) groups excluding carboxylic acids is 2. The molecule has 1 aromatic rings. The molecular formula is C15H20N2O4. The molecule has 6 nitrogen and oxygen atoms in total. The summed E-state index contributed by atoms with van der Waals surface area (Å²) in [6.45, 7) is 1.97. The molecule has 0 radical (unpaired) electrons. The zero-order valence-electron chi connectivity index (χ0n) is 12.2. The van der Waals surface area contributed by atoms with Crippen LogP contribution in [0.4, 0.5) is 0 Å². The second kappa shape index (κ2) is 8.04. The Labute approximate surface area is 123 Å². The summed E-state index contributed by atoms with van der Waals surface area (Å²) in [5.74, 6) is -2.18. The molecule has 0 bridgehead atoms. The average molecular weight is 292 g/mol. The minimum absolute atomic E-state index is 0.0756. The standard InChI is InChI=1S/C15H20N2O4/c1-3-5-12(15(20)21)9-17-14(19)11-7-4-6-10(8-11)13(18)16-2/h4,6-8,12H,3,5,9H2,1-2H3,(H,16,18)(H,17,19)(H,20,21). The van der Waals surface area contributed by atoms with E-state index in [1.165, 1.54) is 13.1 Å². The number of hydrogen-bond acceptors (Lipinski definition) is 3. The van der Waals surface area contributed by atoms with Crippen molar-refractivity contribution in [3.05, 3.63) is 35.4 Å². The number of amides is 2. The molecule has 2 amide bonds. The molecule has 0 spiro atoms. The lowest BCUT2D eigenvalue weighted by Crippen LogP contribution is -2.33. The highest BCUT2D eigenvalue weighted by Gasteiger charge is 2.18. The molecule has 0 saturated carbocycles. The van der Waals surface area contributed by atoms with Crippen molar-refractivity contribution < 1.29 is 19.5 Å². The molecule has 0 aliphatic heterocycles. The van der Waals surface area contributed by atoms with Gasteiger partial charge in [0, 0.05) is 24.7 Å². The quantitative estimate of drug-likeness (QED) is 0.705. The predicted octanol–water partition coefficient (Wildman–Crippen LogP) is 1.28. The zero-order chi connectivity index (χ0) is 15.8. The third kappa shape index (κ3) is 4.91. The molecule has 114 valence electrons. The van der Waals surface area contributed by atoms with Crippen LogP contribution in [0.3, 0.4) is 0 Å². The van der Waals surface area contributed by atoms with Gasteiger partial charge in [0.25, 0.3) is 11.8 Å². The number of rotatable bonds is 7. The van der Waals surface area contributed by atoms with Crippen molar-refractivity contribution in [3.8, 4) is 0 Å². The summed E-state index contributed by atoms with van der Waals surface area (Å²) in [5, 5.41) is 14.1. The maximum Gasteiger partial charge on any atom is 0.308 e. The summed E-state index contributed by atoms with van der Waals surface area (Å²) in [6, 6.07) is 6.27. The molecule has 0 aliphatic carbocycles. The monoisotopic (exact) mass is 292 g/mol. The van der Waals surface area contributed by atoms with Gasteiger partial charge in [-0.1, -0.05) is 19.4 Å². The SMILES string of the molecule is CCCC(CNC(=O)c1cccc(C(=O)NC)c1)C(=O)O. The summed E-state index contributed by atoms with van der Waals surface area (Å²) in [4.78, 5) is 34.5. The van der Waals surface area contributed by atoms with Crippen LogP contribution in [-0.4, -0.2) is 36.5 Å². The van der Waals surface area contributed by atoms with Gasteiger partial charge in [-0.05, 0) is 24.6 Å². The minimum atomic E-state index is -0.920. The van der Waals surface area contributed by atoms with Gasteiger partial charge in [0.1, 0.15) is 0 Å². The first-order valence-corrected chi connectivity index (χ1v) is 6.82. The first kappa shape index (κ1) is 16.7. The van der Waals surface area contributed by atoms with Crippen LogP contribution in [0.5, 0.6) is 0 Å². The van der Waals surface area contributed by atoms with E-state index in [-0.39, 0.29) is 18.4 Å². The predicted molar refractivity (Wildman–Crippen MR) is 78.2 cm³/mol. The van der Waals surface area contributed by atoms with Crippen molar-refractivity contribution in [3.63, 3.8) is 0 Å². The summed E-state index contributed by atoms with van der Waals surface area (Å²) in [6.07, 6.45) is 1.24. The molecular weight excluding hydrogens is 272 g/mol. The van der Waals surface area contributed by atoms with Crippen LogP contribution in [0, 0.1) is 5.92 Å². The molecule has 1 unspecified atom stereocenters. The second-order valence-electron chi connectivity index (χ2n) is 4.69. The number of carboxylic acids is 1. The number of nitrogens with one attached hydrogen (secondary N) is 2. The second-order valence-corrected chi connectivity index (χ2v) is 4.69. The topological polar surface area (TPSA) is 95.5 Å². The zero-order valence-corrected chi connectivity index (χ0v) is 12.2. The number of carbonyl (C=O) groups is 3. The fourth-order valence-electron chi connectivity index (χ4n) is 1.93. The minimum Gasteiger partial charge on any atom is -0.481 e. The van der Waals surface area contributed by atoms with Crippen LogP contribution < -0.4 is 10.6 Å². The van der Waals surface area contributed by atoms with Crippen molar-refractivity contribution in [2.75, 3.05) is 13.6 Å². The Balaban J connectivity index is 2.71. The third-order valence-corrected chi connectivity index (χ3v) is 3.11. The van der Waals surface area contributed by atoms with Crippen LogP contribution >= 0.6 is 0 Å². The van der Waals surface area contributed by atoms with E-state index in [4.69, 9.17) is 5.11 Å². The van der Waals surface area contributed by atoms with Crippen LogP contribution in [0.15, 0.2) is 24.3 Å². The molecule has 3 N–H and O–H groups in total. The first-order valence-electron chi connectivity index (χ1n) is 6.82. The Morgan fingerprint density at radius 1 is 1.19 bits per heavy atom. The van der Waals surface area contributed by atoms with Gasteiger partial charge < -0.3 is 15.7 Å². The maximum atomic E-state index is 12.0. The summed E-state index contributed by atoms with van der Waals surface area (Å²) < 4.78 is 0. The Morgan fingerprint density at radius 3 is 2.33 bits per heavy atom. The van der Waals surface area contributed by atoms with E-state index in [2.05, 4.69) is 10.6 Å². The van der Waals surface area contributed by atoms with Gasteiger partial charge in [-0.3, -0.25) is 14.4 Å². The van der Waals surface area contributed by atoms with E-state index in [0.717, 1.165) is 6.42 Å². The first-order chi connectivity index (χ1) is 9.99. The van der Waals surface area contributed by atoms with Gasteiger partial charge in [-0.15, -0.1) is 0 Å². The Kier molecular flexibility index (Phi) is 6.39. The fourth-order valence-corrected chi connectivity index (χ4v) is 1.93. The van der Waals surface area contributed by atoms with Crippen LogP contribution in [0.2, 0.25) is 0 Å². The molecule has 0 saturated heterocycles. The summed E-state index contributed by atoms with van der Waals surface area (Å²) in [7, 11) is 1.51. The van der Waals surface area contributed by atoms with E-state index in [9.17, 15) is 14.4 Å². The van der Waals surface area contributed by atoms with E-state index < -0.39 is 11.9 Å². The lowest BCUT2D eigenvalue weighted by Gasteiger charge is -2.12. The van der Waals surface area contributed by atoms with Crippen LogP contribution in [-0.2, 0) is 4.79 Å². The van der Waals surface area contributed by atoms with Gasteiger partial charge in [0.15, 0.2) is 0 Å². The fraction of sp³-hybridized carbons (Fsp3) is 0.400. The molecule has 0 fully saturated rings. The highest BCUT2D eigenvalue weighted by Crippen LogP contribution is 2.08. The maximum absolute atomic E-state index is 12.0. The molecule has 1 atom stereocenters. The molecule has 0 heterocycles. The summed E-state index contributed by atoms with van der Waals surface area (Å²) in [5.41, 5.74) is 0.713. The van der Waals surface area contributed by atoms with Crippen LogP contribution in [0.1, 0.15) is 40.5 Å². The van der Waals surface area contributed by atoms with Gasteiger partial charge in [0.2, 0.25) is 0 Å². The lowest BCUT2D eigenvalue weighted by atomic mass is 10.0. The highest BCUT2D eigenvalue weighted by molar-refractivity contribution is 5.99. The normalized spacial score (nSPS) is 11.5. The highest BCUT2D eigenvalue weighted by atomic mass is 16.4. The van der Waals surface area contributed by atoms with Crippen molar-refractivity contribution >= 4 is 17.8 Å². The smallest absolute Gasteiger partial charge is 0.308 e. The molecule has 0 aromatic heterocycles. The Hall–Kier alpha value is -2.37. The molecule has 1 rings (SSSR count). The Morgan fingerprint density at radius 2 is 1.81 bits per heavy atom. The average Bonchev–Trinajstić information content (AvgIpc) is 2.50. The number of carboxylic acid groups (broad SMARTS) is 1. The van der Waals surface area contributed by atoms with Crippen molar-refractivity contribution in [2.45, 2.75) is 19.8 Å². The van der Waals surface area contributed by atoms with Gasteiger partial charge in [-0.25, -0.2) is 0 Å². The van der Waals surface area contributed by atoms with Gasteiger partial charge in [-0.2, -0.15) is 0 Å². The summed E-state index contributed by atoms with van der Waals surface area (Å²) >= 11 is 0. The van der Waals surface area contributed by atoms with E-state index in [1.54, 1.807) is 18.2 Å². The molecule has 21 heavy (non-hydrogen) atoms. The van der Waals surface area contributed by atoms with Crippen molar-refractivity contribution in [2.24, 2.45) is 5.92 Å². The van der Waals surface area contributed by atoms with Crippen molar-refractivity contribution in [1.29, 1.82) is 0 Å². The van der Waals surface area contributed by atoms with E-state index in [1.807, 2.05) is 6.92 Å². The molecule has 1 aromatic carbocycles. The largest absolute Gasteiger partial charge is 0.481 e. The van der Waals surface area contributed by atoms with Crippen LogP contribution in [0.25, 0.3) is 0 Å². The number of hydrogen-bond donors (Lipinski definition) is 3.